The van der Waals surface area contributed by atoms with Crippen molar-refractivity contribution in [1.29, 1.82) is 0 Å². The fraction of sp³-hybridized carbons (Fsp3) is 0.333. The highest BCUT2D eigenvalue weighted by molar-refractivity contribution is 6.08. The summed E-state index contributed by atoms with van der Waals surface area (Å²) in [6, 6.07) is 16.8. The topological polar surface area (TPSA) is 157 Å². The average molecular weight is 725 g/mol. The highest BCUT2D eigenvalue weighted by atomic mass is 16.5. The second-order valence-electron chi connectivity index (χ2n) is 15.3. The second kappa shape index (κ2) is 11.3. The molecule has 1 spiro atoms. The molecule has 3 aromatic carbocycles. The Kier molecular flexibility index (Phi) is 6.86. The standard InChI is InChI=1S/C42H40N6O6/c1-6-41(51,7-2)39(50)44-27-17-21-14-15-29-26(16-21)42-25-12-8-11-23(33(25)47-40(42)53-29)22-10-9-13-28-31(22)24(19-48(28)5)30-18-43-37(52-30)34-35(42)54-38(46-34)32(20(3)4)45-36(27)49/h8-16,18-20,27,32,40,47,51H,6-7,17H2,1-5H3,(H,44,50)(H,45,49)/t27-,32-,40?,42-/m0/s1. The molecule has 4 aliphatic rings. The summed E-state index contributed by atoms with van der Waals surface area (Å²) in [7, 11) is 2.02. The maximum atomic E-state index is 14.3. The van der Waals surface area contributed by atoms with Crippen LogP contribution in [0, 0.1) is 5.92 Å². The van der Waals surface area contributed by atoms with E-state index >= 15 is 0 Å². The lowest BCUT2D eigenvalue weighted by molar-refractivity contribution is -0.143. The number of rotatable bonds is 5. The van der Waals surface area contributed by atoms with Gasteiger partial charge in [0.1, 0.15) is 28.8 Å². The summed E-state index contributed by atoms with van der Waals surface area (Å²) in [5, 5.41) is 22.0. The van der Waals surface area contributed by atoms with Gasteiger partial charge in [0, 0.05) is 58.5 Å². The fourth-order valence-corrected chi connectivity index (χ4v) is 8.97. The third kappa shape index (κ3) is 4.28. The van der Waals surface area contributed by atoms with Crippen molar-refractivity contribution in [2.24, 2.45) is 13.0 Å². The molecule has 0 fully saturated rings. The number of amides is 2. The minimum Gasteiger partial charge on any atom is -0.469 e. The third-order valence-corrected chi connectivity index (χ3v) is 12.0. The van der Waals surface area contributed by atoms with Crippen molar-refractivity contribution in [1.82, 2.24) is 25.2 Å². The molecule has 0 radical (unpaired) electrons. The van der Waals surface area contributed by atoms with Gasteiger partial charge in [-0.2, -0.15) is 0 Å². The number of carbonyl (C=O) groups excluding carboxylic acids is 2. The van der Waals surface area contributed by atoms with Crippen molar-refractivity contribution in [2.45, 2.75) is 76.3 Å². The van der Waals surface area contributed by atoms with Gasteiger partial charge < -0.3 is 39.2 Å². The normalized spacial score (nSPS) is 21.8. The average Bonchev–Trinajstić information content (AvgIpc) is 3.99. The van der Waals surface area contributed by atoms with Gasteiger partial charge in [-0.25, -0.2) is 9.97 Å². The lowest BCUT2D eigenvalue weighted by atomic mass is 9.72. The first kappa shape index (κ1) is 32.7. The molecule has 2 amide bonds. The molecule has 1 unspecified atom stereocenters. The summed E-state index contributed by atoms with van der Waals surface area (Å²) in [5.41, 5.74) is 5.17. The van der Waals surface area contributed by atoms with Gasteiger partial charge in [-0.05, 0) is 42.0 Å². The summed E-state index contributed by atoms with van der Waals surface area (Å²) in [6.45, 7) is 7.46. The van der Waals surface area contributed by atoms with Crippen LogP contribution < -0.4 is 20.7 Å². The molecule has 0 saturated carbocycles. The second-order valence-corrected chi connectivity index (χ2v) is 15.3. The predicted octanol–water partition coefficient (Wildman–Crippen LogP) is 6.35. The summed E-state index contributed by atoms with van der Waals surface area (Å²) in [4.78, 5) is 37.8. The van der Waals surface area contributed by atoms with E-state index in [1.807, 2.05) is 39.1 Å². The zero-order chi connectivity index (χ0) is 37.3. The summed E-state index contributed by atoms with van der Waals surface area (Å²) >= 11 is 0. The number of carbonyl (C=O) groups is 2. The molecule has 4 aliphatic heterocycles. The number of fused-ring (bicyclic) bond motifs is 7. The van der Waals surface area contributed by atoms with E-state index in [0.717, 1.165) is 50.0 Å². The summed E-state index contributed by atoms with van der Waals surface area (Å²) in [6.07, 6.45) is 3.73. The molecule has 0 aliphatic carbocycles. The maximum absolute atomic E-state index is 14.3. The Morgan fingerprint density at radius 2 is 1.85 bits per heavy atom. The molecule has 10 rings (SSSR count). The molecular weight excluding hydrogens is 684 g/mol. The van der Waals surface area contributed by atoms with E-state index < -0.39 is 41.1 Å². The molecule has 7 heterocycles. The SMILES string of the molecule is CCC(O)(CC)C(=O)N[C@H]1Cc2ccc3c(c2)[C@]24c5cccc(c5NC2O3)-c2cccc3c2c(cn3C)-c2cnc(o2)-c2nc(oc24)[C@H](C(C)C)NC1=O. The Balaban J connectivity index is 1.27. The maximum Gasteiger partial charge on any atom is 0.252 e. The molecule has 6 aromatic rings. The van der Waals surface area contributed by atoms with Crippen LogP contribution in [-0.2, 0) is 28.5 Å². The molecule has 12 nitrogen and oxygen atoms in total. The van der Waals surface area contributed by atoms with Crippen LogP contribution in [0.5, 0.6) is 5.75 Å². The van der Waals surface area contributed by atoms with Gasteiger partial charge in [0.2, 0.25) is 17.7 Å². The van der Waals surface area contributed by atoms with E-state index in [9.17, 15) is 14.7 Å². The Labute approximate surface area is 310 Å². The monoisotopic (exact) mass is 724 g/mol. The third-order valence-electron chi connectivity index (χ3n) is 12.0. The molecule has 4 N–H and O–H groups in total. The van der Waals surface area contributed by atoms with E-state index in [1.54, 1.807) is 20.0 Å². The van der Waals surface area contributed by atoms with Gasteiger partial charge in [0.05, 0.1) is 6.20 Å². The Bertz CT molecular complexity index is 2560. The van der Waals surface area contributed by atoms with Gasteiger partial charge in [0.25, 0.3) is 5.91 Å². The smallest absolute Gasteiger partial charge is 0.252 e. The highest BCUT2D eigenvalue weighted by Gasteiger charge is 2.61. The lowest BCUT2D eigenvalue weighted by Crippen LogP contribution is -2.55. The van der Waals surface area contributed by atoms with Gasteiger partial charge in [-0.15, -0.1) is 0 Å². The van der Waals surface area contributed by atoms with Crippen LogP contribution in [0.25, 0.3) is 44.9 Å². The molecule has 12 heteroatoms. The van der Waals surface area contributed by atoms with Crippen LogP contribution in [0.4, 0.5) is 5.69 Å². The van der Waals surface area contributed by atoms with E-state index in [2.05, 4.69) is 63.1 Å². The van der Waals surface area contributed by atoms with E-state index in [1.165, 1.54) is 0 Å². The summed E-state index contributed by atoms with van der Waals surface area (Å²) in [5.74, 6) is 1.09. The molecule has 54 heavy (non-hydrogen) atoms. The lowest BCUT2D eigenvalue weighted by Gasteiger charge is -2.30. The number of hydrogen-bond acceptors (Lipinski definition) is 9. The van der Waals surface area contributed by atoms with Crippen molar-refractivity contribution in [3.63, 3.8) is 0 Å². The molecule has 0 saturated heterocycles. The largest absolute Gasteiger partial charge is 0.469 e. The van der Waals surface area contributed by atoms with Crippen molar-refractivity contribution in [3.05, 3.63) is 95.3 Å². The quantitative estimate of drug-likeness (QED) is 0.159. The number of hydrogen-bond donors (Lipinski definition) is 4. The molecule has 274 valence electrons. The number of aromatic nitrogens is 3. The number of aliphatic hydroxyl groups is 1. The zero-order valence-electron chi connectivity index (χ0n) is 30.6. The number of oxazole rings is 2. The van der Waals surface area contributed by atoms with Gasteiger partial charge >= 0.3 is 0 Å². The molecule has 4 atom stereocenters. The Morgan fingerprint density at radius 1 is 1.06 bits per heavy atom. The number of nitrogens with one attached hydrogen (secondary N) is 3. The van der Waals surface area contributed by atoms with Crippen molar-refractivity contribution < 1.29 is 28.3 Å². The van der Waals surface area contributed by atoms with E-state index in [-0.39, 0.29) is 37.0 Å². The number of para-hydroxylation sites is 1. The highest BCUT2D eigenvalue weighted by Crippen LogP contribution is 2.61. The van der Waals surface area contributed by atoms with Crippen molar-refractivity contribution in [2.75, 3.05) is 5.32 Å². The van der Waals surface area contributed by atoms with Crippen molar-refractivity contribution >= 4 is 28.4 Å². The van der Waals surface area contributed by atoms with E-state index in [0.29, 0.717) is 23.0 Å². The molecular formula is C42H40N6O6. The number of aryl methyl sites for hydroxylation is 1. The molecule has 3 aromatic heterocycles. The van der Waals surface area contributed by atoms with Gasteiger partial charge in [-0.3, -0.25) is 9.59 Å². The number of anilines is 1. The van der Waals surface area contributed by atoms with Crippen LogP contribution in [0.2, 0.25) is 0 Å². The fourth-order valence-electron chi connectivity index (χ4n) is 8.97. The van der Waals surface area contributed by atoms with Crippen LogP contribution >= 0.6 is 0 Å². The van der Waals surface area contributed by atoms with Gasteiger partial charge in [0.15, 0.2) is 23.4 Å². The number of benzene rings is 3. The van der Waals surface area contributed by atoms with E-state index in [4.69, 9.17) is 23.5 Å². The Morgan fingerprint density at radius 3 is 2.65 bits per heavy atom. The zero-order valence-corrected chi connectivity index (χ0v) is 30.6. The predicted molar refractivity (Wildman–Crippen MR) is 201 cm³/mol. The van der Waals surface area contributed by atoms with Crippen LogP contribution in [0.1, 0.15) is 74.9 Å². The van der Waals surface area contributed by atoms with Gasteiger partial charge in [-0.1, -0.05) is 70.2 Å². The minimum atomic E-state index is -1.61. The minimum absolute atomic E-state index is 0.168. The first-order valence-corrected chi connectivity index (χ1v) is 18.7. The van der Waals surface area contributed by atoms with Crippen molar-refractivity contribution in [3.8, 4) is 39.8 Å². The summed E-state index contributed by atoms with van der Waals surface area (Å²) < 4.78 is 22.6. The number of nitrogens with zero attached hydrogens (tertiary/aromatic N) is 3. The van der Waals surface area contributed by atoms with Crippen LogP contribution in [0.3, 0.4) is 0 Å². The molecule has 10 bridgehead atoms. The van der Waals surface area contributed by atoms with Crippen LogP contribution in [-0.4, -0.2) is 49.3 Å². The first-order chi connectivity index (χ1) is 26.0. The Hall–Kier alpha value is -5.88. The number of ether oxygens (including phenoxy) is 1. The van der Waals surface area contributed by atoms with Crippen LogP contribution in [0.15, 0.2) is 75.8 Å². The first-order valence-electron chi connectivity index (χ1n) is 18.7.